The SMILES string of the molecule is Cc1nc2ncnn2c(NCc2ncnn2C)c1C. The summed E-state index contributed by atoms with van der Waals surface area (Å²) in [6, 6.07) is 0. The van der Waals surface area contributed by atoms with Gasteiger partial charge in [0.15, 0.2) is 0 Å². The van der Waals surface area contributed by atoms with Gasteiger partial charge < -0.3 is 5.32 Å². The monoisotopic (exact) mass is 258 g/mol. The summed E-state index contributed by atoms with van der Waals surface area (Å²) in [5.74, 6) is 2.31. The van der Waals surface area contributed by atoms with Crippen LogP contribution >= 0.6 is 0 Å². The van der Waals surface area contributed by atoms with Crippen molar-refractivity contribution in [2.45, 2.75) is 20.4 Å². The first-order valence-electron chi connectivity index (χ1n) is 5.90. The lowest BCUT2D eigenvalue weighted by Gasteiger charge is -2.11. The average molecular weight is 258 g/mol. The first-order chi connectivity index (χ1) is 9.16. The Kier molecular flexibility index (Phi) is 2.62. The molecule has 0 saturated heterocycles. The summed E-state index contributed by atoms with van der Waals surface area (Å²) >= 11 is 0. The van der Waals surface area contributed by atoms with Gasteiger partial charge >= 0.3 is 0 Å². The van der Waals surface area contributed by atoms with Gasteiger partial charge in [0.25, 0.3) is 5.78 Å². The van der Waals surface area contributed by atoms with Crippen LogP contribution in [0.2, 0.25) is 0 Å². The molecule has 98 valence electrons. The highest BCUT2D eigenvalue weighted by Crippen LogP contribution is 2.18. The Hall–Kier alpha value is -2.51. The number of hydrogen-bond donors (Lipinski definition) is 1. The van der Waals surface area contributed by atoms with Crippen LogP contribution in [0.25, 0.3) is 5.78 Å². The Morgan fingerprint density at radius 1 is 1.16 bits per heavy atom. The van der Waals surface area contributed by atoms with E-state index in [4.69, 9.17) is 0 Å². The van der Waals surface area contributed by atoms with Gasteiger partial charge in [0.1, 0.15) is 24.3 Å². The second-order valence-electron chi connectivity index (χ2n) is 4.30. The molecule has 3 aromatic heterocycles. The topological polar surface area (TPSA) is 85.8 Å². The zero-order valence-corrected chi connectivity index (χ0v) is 11.0. The summed E-state index contributed by atoms with van der Waals surface area (Å²) in [5, 5.41) is 11.5. The molecule has 3 rings (SSSR count). The smallest absolute Gasteiger partial charge is 0.254 e. The Labute approximate surface area is 109 Å². The minimum atomic E-state index is 0.565. The number of nitrogens with one attached hydrogen (secondary N) is 1. The minimum Gasteiger partial charge on any atom is -0.362 e. The number of rotatable bonds is 3. The maximum atomic E-state index is 4.37. The van der Waals surface area contributed by atoms with Gasteiger partial charge in [0, 0.05) is 18.3 Å². The highest BCUT2D eigenvalue weighted by atomic mass is 15.4. The van der Waals surface area contributed by atoms with E-state index in [1.807, 2.05) is 20.9 Å². The molecule has 0 amide bonds. The average Bonchev–Trinajstić information content (AvgIpc) is 2.99. The predicted molar refractivity (Wildman–Crippen MR) is 68.6 cm³/mol. The van der Waals surface area contributed by atoms with Crippen molar-refractivity contribution in [2.75, 3.05) is 5.32 Å². The lowest BCUT2D eigenvalue weighted by Crippen LogP contribution is -2.12. The summed E-state index contributed by atoms with van der Waals surface area (Å²) in [4.78, 5) is 12.7. The van der Waals surface area contributed by atoms with Crippen LogP contribution in [0.15, 0.2) is 12.7 Å². The molecular formula is C11H14N8. The summed E-state index contributed by atoms with van der Waals surface area (Å²) in [6.45, 7) is 4.52. The predicted octanol–water partition coefficient (Wildman–Crippen LogP) is 0.482. The number of hydrogen-bond acceptors (Lipinski definition) is 6. The molecular weight excluding hydrogens is 244 g/mol. The van der Waals surface area contributed by atoms with Gasteiger partial charge in [-0.05, 0) is 13.8 Å². The van der Waals surface area contributed by atoms with Crippen LogP contribution in [0.5, 0.6) is 0 Å². The lowest BCUT2D eigenvalue weighted by molar-refractivity contribution is 0.709. The zero-order valence-electron chi connectivity index (χ0n) is 11.0. The van der Waals surface area contributed by atoms with Crippen molar-refractivity contribution < 1.29 is 0 Å². The van der Waals surface area contributed by atoms with Gasteiger partial charge in [-0.1, -0.05) is 0 Å². The third-order valence-electron chi connectivity index (χ3n) is 3.13. The molecule has 3 heterocycles. The van der Waals surface area contributed by atoms with Crippen LogP contribution in [0.1, 0.15) is 17.1 Å². The molecule has 0 aliphatic rings. The fraction of sp³-hybridized carbons (Fsp3) is 0.364. The van der Waals surface area contributed by atoms with Gasteiger partial charge in [-0.3, -0.25) is 4.68 Å². The van der Waals surface area contributed by atoms with Gasteiger partial charge in [-0.2, -0.15) is 19.7 Å². The Bertz CT molecular complexity index is 725. The molecule has 0 aromatic carbocycles. The van der Waals surface area contributed by atoms with Crippen molar-refractivity contribution in [3.8, 4) is 0 Å². The Balaban J connectivity index is 1.98. The fourth-order valence-corrected chi connectivity index (χ4v) is 1.88. The molecule has 0 radical (unpaired) electrons. The van der Waals surface area contributed by atoms with E-state index in [-0.39, 0.29) is 0 Å². The van der Waals surface area contributed by atoms with E-state index < -0.39 is 0 Å². The quantitative estimate of drug-likeness (QED) is 0.735. The summed E-state index contributed by atoms with van der Waals surface area (Å²) in [7, 11) is 1.86. The molecule has 0 aliphatic carbocycles. The van der Waals surface area contributed by atoms with E-state index >= 15 is 0 Å². The van der Waals surface area contributed by atoms with Crippen LogP contribution in [-0.4, -0.2) is 34.3 Å². The molecule has 0 saturated carbocycles. The van der Waals surface area contributed by atoms with E-state index in [0.717, 1.165) is 22.9 Å². The zero-order chi connectivity index (χ0) is 13.4. The number of aromatic nitrogens is 7. The third kappa shape index (κ3) is 1.90. The summed E-state index contributed by atoms with van der Waals surface area (Å²) in [5.41, 5.74) is 1.97. The van der Waals surface area contributed by atoms with E-state index in [1.54, 1.807) is 9.20 Å². The highest BCUT2D eigenvalue weighted by molar-refractivity contribution is 5.51. The van der Waals surface area contributed by atoms with Gasteiger partial charge in [0.2, 0.25) is 0 Å². The molecule has 3 aromatic rings. The normalized spacial score (nSPS) is 11.1. The van der Waals surface area contributed by atoms with Crippen molar-refractivity contribution in [1.82, 2.24) is 34.3 Å². The van der Waals surface area contributed by atoms with Crippen molar-refractivity contribution in [3.63, 3.8) is 0 Å². The highest BCUT2D eigenvalue weighted by Gasteiger charge is 2.11. The summed E-state index contributed by atoms with van der Waals surface area (Å²) in [6.07, 6.45) is 3.03. The number of aryl methyl sites for hydroxylation is 2. The maximum Gasteiger partial charge on any atom is 0.254 e. The van der Waals surface area contributed by atoms with Crippen LogP contribution in [0.3, 0.4) is 0 Å². The van der Waals surface area contributed by atoms with Gasteiger partial charge in [-0.25, -0.2) is 9.97 Å². The third-order valence-corrected chi connectivity index (χ3v) is 3.13. The fourth-order valence-electron chi connectivity index (χ4n) is 1.88. The lowest BCUT2D eigenvalue weighted by atomic mass is 10.2. The van der Waals surface area contributed by atoms with Crippen LogP contribution in [0, 0.1) is 13.8 Å². The molecule has 8 nitrogen and oxygen atoms in total. The molecule has 19 heavy (non-hydrogen) atoms. The number of fused-ring (bicyclic) bond motifs is 1. The largest absolute Gasteiger partial charge is 0.362 e. The second-order valence-corrected chi connectivity index (χ2v) is 4.30. The van der Waals surface area contributed by atoms with E-state index in [0.29, 0.717) is 12.3 Å². The molecule has 0 aliphatic heterocycles. The van der Waals surface area contributed by atoms with Crippen molar-refractivity contribution in [3.05, 3.63) is 29.7 Å². The Morgan fingerprint density at radius 2 is 1.95 bits per heavy atom. The van der Waals surface area contributed by atoms with Crippen molar-refractivity contribution >= 4 is 11.6 Å². The summed E-state index contributed by atoms with van der Waals surface area (Å²) < 4.78 is 3.42. The van der Waals surface area contributed by atoms with E-state index in [1.165, 1.54) is 12.7 Å². The maximum absolute atomic E-state index is 4.37. The second kappa shape index (κ2) is 4.30. The molecule has 0 unspecified atom stereocenters. The number of nitrogens with zero attached hydrogens (tertiary/aromatic N) is 7. The van der Waals surface area contributed by atoms with Gasteiger partial charge in [-0.15, -0.1) is 0 Å². The van der Waals surface area contributed by atoms with Crippen molar-refractivity contribution in [2.24, 2.45) is 7.05 Å². The molecule has 1 N–H and O–H groups in total. The van der Waals surface area contributed by atoms with Crippen LogP contribution < -0.4 is 5.32 Å². The molecule has 8 heteroatoms. The first kappa shape index (κ1) is 11.6. The number of anilines is 1. The van der Waals surface area contributed by atoms with Crippen LogP contribution in [0.4, 0.5) is 5.82 Å². The molecule has 0 atom stereocenters. The van der Waals surface area contributed by atoms with Gasteiger partial charge in [0.05, 0.1) is 6.54 Å². The first-order valence-corrected chi connectivity index (χ1v) is 5.90. The molecule has 0 bridgehead atoms. The van der Waals surface area contributed by atoms with Crippen molar-refractivity contribution in [1.29, 1.82) is 0 Å². The molecule has 0 fully saturated rings. The standard InChI is InChI=1S/C11H14N8/c1-7-8(2)17-11-14-6-16-19(11)10(7)12-4-9-13-5-15-18(9)3/h5-6,12H,4H2,1-3H3. The Morgan fingerprint density at radius 3 is 2.68 bits per heavy atom. The van der Waals surface area contributed by atoms with Crippen LogP contribution in [-0.2, 0) is 13.6 Å². The molecule has 0 spiro atoms. The minimum absolute atomic E-state index is 0.565. The van der Waals surface area contributed by atoms with E-state index in [9.17, 15) is 0 Å². The van der Waals surface area contributed by atoms with E-state index in [2.05, 4.69) is 30.5 Å².